The van der Waals surface area contributed by atoms with Gasteiger partial charge in [0, 0.05) is 17.5 Å². The summed E-state index contributed by atoms with van der Waals surface area (Å²) in [5, 5.41) is 8.80. The van der Waals surface area contributed by atoms with Gasteiger partial charge in [-0.25, -0.2) is 17.9 Å². The molecule has 1 aliphatic carbocycles. The number of aliphatic carboxylic acids is 1. The van der Waals surface area contributed by atoms with E-state index in [-0.39, 0.29) is 23.8 Å². The standard InChI is InChI=1S/C18H25NO6S/c1-2-3-4-10-26(22,23)19-13-8-9-14-17(13)12-6-5-7-15(18(12)25-14)24-11-16(20)21/h5-7,13-14,17,19H,2-4,8-11H2,1H3,(H,20,21). The van der Waals surface area contributed by atoms with Crippen molar-refractivity contribution in [3.8, 4) is 11.5 Å². The number of benzene rings is 1. The summed E-state index contributed by atoms with van der Waals surface area (Å²) in [6, 6.07) is 5.15. The van der Waals surface area contributed by atoms with Crippen molar-refractivity contribution in [1.82, 2.24) is 4.72 Å². The second kappa shape index (κ2) is 7.84. The molecule has 26 heavy (non-hydrogen) atoms. The fraction of sp³-hybridized carbons (Fsp3) is 0.611. The number of fused-ring (bicyclic) bond motifs is 3. The molecule has 0 radical (unpaired) electrons. The Morgan fingerprint density at radius 1 is 1.35 bits per heavy atom. The zero-order valence-corrected chi connectivity index (χ0v) is 15.6. The molecule has 0 saturated heterocycles. The summed E-state index contributed by atoms with van der Waals surface area (Å²) in [5.74, 6) is -0.0511. The van der Waals surface area contributed by atoms with Crippen LogP contribution >= 0.6 is 0 Å². The molecule has 1 aromatic rings. The van der Waals surface area contributed by atoms with E-state index in [0.29, 0.717) is 17.9 Å². The van der Waals surface area contributed by atoms with Gasteiger partial charge in [0.1, 0.15) is 6.10 Å². The van der Waals surface area contributed by atoms with E-state index in [1.165, 1.54) is 0 Å². The molecule has 3 atom stereocenters. The number of rotatable bonds is 9. The van der Waals surface area contributed by atoms with Crippen LogP contribution in [0.2, 0.25) is 0 Å². The molecule has 2 N–H and O–H groups in total. The smallest absolute Gasteiger partial charge is 0.341 e. The van der Waals surface area contributed by atoms with Gasteiger partial charge in [0.15, 0.2) is 18.1 Å². The molecule has 0 amide bonds. The third-order valence-corrected chi connectivity index (χ3v) is 6.42. The molecule has 1 fully saturated rings. The fourth-order valence-electron chi connectivity index (χ4n) is 3.80. The fourth-order valence-corrected chi connectivity index (χ4v) is 5.23. The van der Waals surface area contributed by atoms with E-state index in [1.54, 1.807) is 12.1 Å². The first-order valence-corrected chi connectivity index (χ1v) is 10.7. The monoisotopic (exact) mass is 383 g/mol. The molecular formula is C18H25NO6S. The first-order valence-electron chi connectivity index (χ1n) is 9.05. The number of unbranched alkanes of at least 4 members (excludes halogenated alkanes) is 2. The summed E-state index contributed by atoms with van der Waals surface area (Å²) in [6.07, 6.45) is 3.90. The van der Waals surface area contributed by atoms with Gasteiger partial charge in [0.2, 0.25) is 10.0 Å². The van der Waals surface area contributed by atoms with Crippen LogP contribution in [0.5, 0.6) is 11.5 Å². The molecule has 7 nitrogen and oxygen atoms in total. The Hall–Kier alpha value is -1.80. The van der Waals surface area contributed by atoms with Gasteiger partial charge in [-0.15, -0.1) is 0 Å². The normalized spacial score (nSPS) is 24.0. The lowest BCUT2D eigenvalue weighted by atomic mass is 9.94. The second-order valence-electron chi connectivity index (χ2n) is 6.87. The average Bonchev–Trinajstić information content (AvgIpc) is 3.13. The third kappa shape index (κ3) is 4.12. The summed E-state index contributed by atoms with van der Waals surface area (Å²) in [6.45, 7) is 1.60. The van der Waals surface area contributed by atoms with Crippen LogP contribution in [-0.4, -0.2) is 44.0 Å². The Bertz CT molecular complexity index is 763. The van der Waals surface area contributed by atoms with Crippen molar-refractivity contribution in [3.05, 3.63) is 23.8 Å². The van der Waals surface area contributed by atoms with Crippen molar-refractivity contribution in [3.63, 3.8) is 0 Å². The van der Waals surface area contributed by atoms with Gasteiger partial charge < -0.3 is 14.6 Å². The Labute approximate surface area is 153 Å². The van der Waals surface area contributed by atoms with Gasteiger partial charge in [-0.1, -0.05) is 31.9 Å². The quantitative estimate of drug-likeness (QED) is 0.634. The number of carboxylic acid groups (broad SMARTS) is 1. The van der Waals surface area contributed by atoms with Crippen LogP contribution in [0.3, 0.4) is 0 Å². The highest BCUT2D eigenvalue weighted by Crippen LogP contribution is 2.50. The van der Waals surface area contributed by atoms with E-state index < -0.39 is 22.6 Å². The van der Waals surface area contributed by atoms with Crippen molar-refractivity contribution in [2.45, 2.75) is 57.1 Å². The molecule has 1 heterocycles. The largest absolute Gasteiger partial charge is 0.486 e. The predicted molar refractivity (Wildman–Crippen MR) is 96.2 cm³/mol. The summed E-state index contributed by atoms with van der Waals surface area (Å²) in [4.78, 5) is 10.7. The molecule has 1 saturated carbocycles. The molecule has 0 aromatic heterocycles. The molecule has 8 heteroatoms. The van der Waals surface area contributed by atoms with Crippen LogP contribution < -0.4 is 14.2 Å². The molecule has 144 valence electrons. The van der Waals surface area contributed by atoms with Crippen molar-refractivity contribution >= 4 is 16.0 Å². The van der Waals surface area contributed by atoms with E-state index in [1.807, 2.05) is 13.0 Å². The Morgan fingerprint density at radius 3 is 2.88 bits per heavy atom. The second-order valence-corrected chi connectivity index (χ2v) is 8.74. The van der Waals surface area contributed by atoms with E-state index in [2.05, 4.69) is 4.72 Å². The van der Waals surface area contributed by atoms with E-state index in [4.69, 9.17) is 14.6 Å². The van der Waals surface area contributed by atoms with Crippen LogP contribution in [0.15, 0.2) is 18.2 Å². The number of ether oxygens (including phenoxy) is 2. The molecule has 1 aliphatic heterocycles. The maximum atomic E-state index is 12.4. The zero-order chi connectivity index (χ0) is 18.7. The highest BCUT2D eigenvalue weighted by molar-refractivity contribution is 7.89. The number of hydrogen-bond donors (Lipinski definition) is 2. The lowest BCUT2D eigenvalue weighted by Gasteiger charge is -2.19. The SMILES string of the molecule is CCCCCS(=O)(=O)NC1CCC2Oc3c(OCC(=O)O)cccc3C12. The molecule has 2 aliphatic rings. The lowest BCUT2D eigenvalue weighted by Crippen LogP contribution is -2.38. The number of sulfonamides is 1. The number of carbonyl (C=O) groups is 1. The third-order valence-electron chi connectivity index (χ3n) is 4.93. The predicted octanol–water partition coefficient (Wildman–Crippen LogP) is 2.27. The minimum absolute atomic E-state index is 0.0701. The van der Waals surface area contributed by atoms with E-state index in [0.717, 1.165) is 31.2 Å². The van der Waals surface area contributed by atoms with Gasteiger partial charge in [0.05, 0.1) is 5.75 Å². The Balaban J connectivity index is 1.74. The van der Waals surface area contributed by atoms with Crippen molar-refractivity contribution in [2.24, 2.45) is 0 Å². The van der Waals surface area contributed by atoms with Gasteiger partial charge in [-0.2, -0.15) is 0 Å². The Morgan fingerprint density at radius 2 is 2.15 bits per heavy atom. The number of para-hydroxylation sites is 1. The summed E-state index contributed by atoms with van der Waals surface area (Å²) < 4.78 is 38.9. The first-order chi connectivity index (χ1) is 12.4. The van der Waals surface area contributed by atoms with E-state index in [9.17, 15) is 13.2 Å². The molecular weight excluding hydrogens is 358 g/mol. The topological polar surface area (TPSA) is 102 Å². The highest BCUT2D eigenvalue weighted by atomic mass is 32.2. The van der Waals surface area contributed by atoms with Crippen LogP contribution in [0.25, 0.3) is 0 Å². The zero-order valence-electron chi connectivity index (χ0n) is 14.8. The van der Waals surface area contributed by atoms with Crippen molar-refractivity contribution < 1.29 is 27.8 Å². The van der Waals surface area contributed by atoms with Crippen molar-refractivity contribution in [1.29, 1.82) is 0 Å². The number of nitrogens with one attached hydrogen (secondary N) is 1. The molecule has 3 unspecified atom stereocenters. The van der Waals surface area contributed by atoms with Crippen LogP contribution in [0.1, 0.15) is 50.5 Å². The average molecular weight is 383 g/mol. The number of carboxylic acids is 1. The van der Waals surface area contributed by atoms with Gasteiger partial charge in [-0.05, 0) is 25.3 Å². The first kappa shape index (κ1) is 19.0. The van der Waals surface area contributed by atoms with Crippen LogP contribution in [0.4, 0.5) is 0 Å². The van der Waals surface area contributed by atoms with Crippen LogP contribution in [-0.2, 0) is 14.8 Å². The molecule has 3 rings (SSSR count). The van der Waals surface area contributed by atoms with E-state index >= 15 is 0 Å². The summed E-state index contributed by atoms with van der Waals surface area (Å²) >= 11 is 0. The van der Waals surface area contributed by atoms with Crippen LogP contribution in [0, 0.1) is 0 Å². The maximum Gasteiger partial charge on any atom is 0.341 e. The van der Waals surface area contributed by atoms with Crippen molar-refractivity contribution in [2.75, 3.05) is 12.4 Å². The highest BCUT2D eigenvalue weighted by Gasteiger charge is 2.46. The summed E-state index contributed by atoms with van der Waals surface area (Å²) in [7, 11) is -3.32. The van der Waals surface area contributed by atoms with Gasteiger partial charge in [-0.3, -0.25) is 0 Å². The lowest BCUT2D eigenvalue weighted by molar-refractivity contribution is -0.139. The number of hydrogen-bond acceptors (Lipinski definition) is 5. The minimum atomic E-state index is -3.32. The minimum Gasteiger partial charge on any atom is -0.486 e. The van der Waals surface area contributed by atoms with Gasteiger partial charge in [0.25, 0.3) is 0 Å². The summed E-state index contributed by atoms with van der Waals surface area (Å²) in [5.41, 5.74) is 0.886. The maximum absolute atomic E-state index is 12.4. The Kier molecular flexibility index (Phi) is 5.72. The molecule has 0 bridgehead atoms. The van der Waals surface area contributed by atoms with Gasteiger partial charge >= 0.3 is 5.97 Å². The molecule has 1 aromatic carbocycles. The molecule has 0 spiro atoms.